The summed E-state index contributed by atoms with van der Waals surface area (Å²) in [6.45, 7) is 8.03. The standard InChI is InChI=1S/C13H22BNO3S/c1-13(2,3)5-7-18-6-4-8-19-10-9-11(16)15(14)12(10)17/h10H,4-9H2,1-3H3. The molecular weight excluding hydrogens is 261 g/mol. The van der Waals surface area contributed by atoms with Crippen molar-refractivity contribution in [2.75, 3.05) is 19.0 Å². The van der Waals surface area contributed by atoms with Gasteiger partial charge in [-0.25, -0.2) is 0 Å². The highest BCUT2D eigenvalue weighted by atomic mass is 32.2. The fraction of sp³-hybridized carbons (Fsp3) is 0.846. The van der Waals surface area contributed by atoms with Gasteiger partial charge in [-0.05, 0) is 24.0 Å². The Morgan fingerprint density at radius 3 is 2.58 bits per heavy atom. The number of thioether (sulfide) groups is 1. The summed E-state index contributed by atoms with van der Waals surface area (Å²) >= 11 is 1.49. The van der Waals surface area contributed by atoms with Gasteiger partial charge in [0.2, 0.25) is 19.8 Å². The molecule has 2 amide bonds. The molecule has 1 fully saturated rings. The van der Waals surface area contributed by atoms with Crippen molar-refractivity contribution in [3.63, 3.8) is 0 Å². The van der Waals surface area contributed by atoms with Crippen LogP contribution in [0.25, 0.3) is 0 Å². The number of carbonyl (C=O) groups is 2. The number of imide groups is 1. The maximum Gasteiger partial charge on any atom is 0.242 e. The third-order valence-electron chi connectivity index (χ3n) is 2.89. The second kappa shape index (κ2) is 7.34. The number of hydrogen-bond donors (Lipinski definition) is 0. The van der Waals surface area contributed by atoms with E-state index in [9.17, 15) is 9.59 Å². The van der Waals surface area contributed by atoms with Crippen LogP contribution in [0, 0.1) is 5.41 Å². The van der Waals surface area contributed by atoms with Crippen molar-refractivity contribution in [2.24, 2.45) is 5.41 Å². The third kappa shape index (κ3) is 6.00. The lowest BCUT2D eigenvalue weighted by atomic mass is 9.93. The quantitative estimate of drug-likeness (QED) is 0.406. The van der Waals surface area contributed by atoms with E-state index in [2.05, 4.69) is 20.8 Å². The molecule has 0 aromatic heterocycles. The predicted octanol–water partition coefficient (Wildman–Crippen LogP) is 1.77. The van der Waals surface area contributed by atoms with Crippen LogP contribution in [0.5, 0.6) is 0 Å². The van der Waals surface area contributed by atoms with Crippen molar-refractivity contribution in [1.82, 2.24) is 4.81 Å². The normalized spacial score (nSPS) is 20.4. The highest BCUT2D eigenvalue weighted by Gasteiger charge is 2.35. The van der Waals surface area contributed by atoms with Gasteiger partial charge < -0.3 is 9.55 Å². The van der Waals surface area contributed by atoms with Gasteiger partial charge in [0, 0.05) is 19.6 Å². The first-order valence-corrected chi connectivity index (χ1v) is 7.67. The van der Waals surface area contributed by atoms with E-state index in [1.54, 1.807) is 0 Å². The lowest BCUT2D eigenvalue weighted by molar-refractivity contribution is -0.132. The van der Waals surface area contributed by atoms with Gasteiger partial charge in [0.05, 0.1) is 5.25 Å². The van der Waals surface area contributed by atoms with Crippen LogP contribution in [-0.4, -0.2) is 48.8 Å². The number of rotatable bonds is 7. The molecule has 1 unspecified atom stereocenters. The fourth-order valence-electron chi connectivity index (χ4n) is 1.62. The van der Waals surface area contributed by atoms with E-state index >= 15 is 0 Å². The van der Waals surface area contributed by atoms with E-state index in [4.69, 9.17) is 12.7 Å². The lowest BCUT2D eigenvalue weighted by Gasteiger charge is -2.17. The Kier molecular flexibility index (Phi) is 6.40. The summed E-state index contributed by atoms with van der Waals surface area (Å²) in [4.78, 5) is 23.5. The summed E-state index contributed by atoms with van der Waals surface area (Å²) in [5.74, 6) is 0.250. The number of amides is 2. The maximum absolute atomic E-state index is 11.5. The number of nitrogens with zero attached hydrogens (tertiary/aromatic N) is 1. The van der Waals surface area contributed by atoms with Crippen LogP contribution in [0.2, 0.25) is 0 Å². The van der Waals surface area contributed by atoms with Crippen LogP contribution >= 0.6 is 11.8 Å². The molecule has 6 heteroatoms. The monoisotopic (exact) mass is 283 g/mol. The van der Waals surface area contributed by atoms with E-state index in [1.165, 1.54) is 11.8 Å². The SMILES string of the molecule is [B]N1C(=O)CC(SCCCOCCC(C)(C)C)C1=O. The minimum Gasteiger partial charge on any atom is -0.381 e. The molecule has 19 heavy (non-hydrogen) atoms. The molecule has 2 radical (unpaired) electrons. The van der Waals surface area contributed by atoms with E-state index < -0.39 is 0 Å². The molecule has 1 atom stereocenters. The van der Waals surface area contributed by atoms with Crippen LogP contribution in [0.4, 0.5) is 0 Å². The number of ether oxygens (including phenoxy) is 1. The van der Waals surface area contributed by atoms with Crippen LogP contribution in [-0.2, 0) is 14.3 Å². The summed E-state index contributed by atoms with van der Waals surface area (Å²) in [6.07, 6.45) is 2.15. The lowest BCUT2D eigenvalue weighted by Crippen LogP contribution is -2.28. The van der Waals surface area contributed by atoms with Gasteiger partial charge in [-0.15, -0.1) is 11.8 Å². The Morgan fingerprint density at radius 1 is 1.37 bits per heavy atom. The van der Waals surface area contributed by atoms with E-state index in [1.807, 2.05) is 0 Å². The molecule has 0 spiro atoms. The Labute approximate surface area is 121 Å². The van der Waals surface area contributed by atoms with Crippen molar-refractivity contribution in [3.8, 4) is 0 Å². The second-order valence-corrected chi connectivity index (χ2v) is 7.25. The molecule has 1 aliphatic heterocycles. The van der Waals surface area contributed by atoms with Crippen LogP contribution in [0.15, 0.2) is 0 Å². The topological polar surface area (TPSA) is 46.6 Å². The summed E-state index contributed by atoms with van der Waals surface area (Å²) in [6, 6.07) is 0. The molecule has 0 bridgehead atoms. The van der Waals surface area contributed by atoms with Gasteiger partial charge in [0.25, 0.3) is 0 Å². The highest BCUT2D eigenvalue weighted by Crippen LogP contribution is 2.24. The highest BCUT2D eigenvalue weighted by molar-refractivity contribution is 8.00. The largest absolute Gasteiger partial charge is 0.381 e. The molecule has 0 aromatic rings. The van der Waals surface area contributed by atoms with Crippen LogP contribution in [0.1, 0.15) is 40.0 Å². The molecule has 4 nitrogen and oxygen atoms in total. The first-order chi connectivity index (χ1) is 8.81. The molecule has 0 aromatic carbocycles. The van der Waals surface area contributed by atoms with Crippen LogP contribution < -0.4 is 0 Å². The molecule has 106 valence electrons. The van der Waals surface area contributed by atoms with Gasteiger partial charge in [-0.1, -0.05) is 20.8 Å². The zero-order valence-corrected chi connectivity index (χ0v) is 12.8. The summed E-state index contributed by atoms with van der Waals surface area (Å²) in [5, 5.41) is -0.299. The second-order valence-electron chi connectivity index (χ2n) is 5.94. The molecular formula is C13H22BNO3S. The molecule has 0 saturated carbocycles. The van der Waals surface area contributed by atoms with Gasteiger partial charge in [-0.2, -0.15) is 0 Å². The number of carbonyl (C=O) groups excluding carboxylic acids is 2. The fourth-order valence-corrected chi connectivity index (χ4v) is 2.71. The van der Waals surface area contributed by atoms with Gasteiger partial charge in [0.15, 0.2) is 0 Å². The molecule has 0 aliphatic carbocycles. The van der Waals surface area contributed by atoms with E-state index in [0.717, 1.165) is 30.0 Å². The minimum absolute atomic E-state index is 0.227. The van der Waals surface area contributed by atoms with Crippen molar-refractivity contribution in [2.45, 2.75) is 45.3 Å². The van der Waals surface area contributed by atoms with E-state index in [-0.39, 0.29) is 23.5 Å². The summed E-state index contributed by atoms with van der Waals surface area (Å²) < 4.78 is 5.54. The minimum atomic E-state index is -0.299. The summed E-state index contributed by atoms with van der Waals surface area (Å²) in [5.41, 5.74) is 0.302. The van der Waals surface area contributed by atoms with Gasteiger partial charge in [0.1, 0.15) is 0 Å². The first kappa shape index (κ1) is 16.6. The average Bonchev–Trinajstić information content (AvgIpc) is 2.54. The third-order valence-corrected chi connectivity index (χ3v) is 4.19. The molecule has 0 N–H and O–H groups in total. The van der Waals surface area contributed by atoms with Gasteiger partial charge >= 0.3 is 0 Å². The molecule has 1 saturated heterocycles. The first-order valence-electron chi connectivity index (χ1n) is 6.62. The van der Waals surface area contributed by atoms with Crippen molar-refractivity contribution < 1.29 is 14.3 Å². The Balaban J connectivity index is 2.03. The average molecular weight is 283 g/mol. The smallest absolute Gasteiger partial charge is 0.242 e. The molecule has 1 aliphatic rings. The predicted molar refractivity (Wildman–Crippen MR) is 78.0 cm³/mol. The zero-order valence-electron chi connectivity index (χ0n) is 12.0. The Bertz CT molecular complexity index is 330. The van der Waals surface area contributed by atoms with Crippen molar-refractivity contribution in [3.05, 3.63) is 0 Å². The zero-order chi connectivity index (χ0) is 14.5. The van der Waals surface area contributed by atoms with Crippen molar-refractivity contribution in [1.29, 1.82) is 0 Å². The molecule has 1 rings (SSSR count). The van der Waals surface area contributed by atoms with Crippen molar-refractivity contribution >= 4 is 31.6 Å². The Morgan fingerprint density at radius 2 is 2.05 bits per heavy atom. The summed E-state index contributed by atoms with van der Waals surface area (Å²) in [7, 11) is 5.32. The molecule has 1 heterocycles. The number of hydrogen-bond acceptors (Lipinski definition) is 4. The maximum atomic E-state index is 11.5. The van der Waals surface area contributed by atoms with Crippen LogP contribution in [0.3, 0.4) is 0 Å². The van der Waals surface area contributed by atoms with Gasteiger partial charge in [-0.3, -0.25) is 9.59 Å². The Hall–Kier alpha value is -0.485. The van der Waals surface area contributed by atoms with E-state index in [0.29, 0.717) is 12.0 Å².